The smallest absolute Gasteiger partial charge is 0.108 e. The molecule has 1 aliphatic rings. The second-order valence-corrected chi connectivity index (χ2v) is 2.11. The lowest BCUT2D eigenvalue weighted by Gasteiger charge is -2.08. The molecule has 9 heavy (non-hydrogen) atoms. The fourth-order valence-electron chi connectivity index (χ4n) is 0.869. The highest BCUT2D eigenvalue weighted by Gasteiger charge is 2.31. The van der Waals surface area contributed by atoms with Crippen molar-refractivity contribution in [3.05, 3.63) is 0 Å². The van der Waals surface area contributed by atoms with Crippen molar-refractivity contribution in [2.45, 2.75) is 18.2 Å². The molecule has 0 radical (unpaired) electrons. The largest absolute Gasteiger partial charge is 0.389 e. The predicted molar refractivity (Wildman–Crippen MR) is 32.6 cm³/mol. The first-order valence-electron chi connectivity index (χ1n) is 2.81. The van der Waals surface area contributed by atoms with Crippen LogP contribution in [0.5, 0.6) is 0 Å². The quantitative estimate of drug-likeness (QED) is 0.340. The van der Waals surface area contributed by atoms with Crippen molar-refractivity contribution >= 4 is 0 Å². The van der Waals surface area contributed by atoms with E-state index in [4.69, 9.17) is 16.6 Å². The van der Waals surface area contributed by atoms with Gasteiger partial charge in [-0.1, -0.05) is 5.92 Å². The fraction of sp³-hybridized carbons (Fsp3) is 0.667. The van der Waals surface area contributed by atoms with Crippen LogP contribution in [0.25, 0.3) is 0 Å². The summed E-state index contributed by atoms with van der Waals surface area (Å²) in [5, 5.41) is 20.7. The van der Waals surface area contributed by atoms with Gasteiger partial charge in [-0.15, -0.1) is 6.42 Å². The molecule has 1 fully saturated rings. The van der Waals surface area contributed by atoms with Crippen LogP contribution in [-0.4, -0.2) is 35.0 Å². The molecule has 1 rings (SSSR count). The summed E-state index contributed by atoms with van der Waals surface area (Å²) in [6.07, 6.45) is 3.50. The van der Waals surface area contributed by atoms with E-state index in [1.54, 1.807) is 0 Å². The molecule has 1 saturated heterocycles. The zero-order valence-electron chi connectivity index (χ0n) is 4.91. The average molecular weight is 127 g/mol. The molecule has 1 aliphatic heterocycles. The number of hydrogen-bond acceptors (Lipinski definition) is 3. The van der Waals surface area contributed by atoms with Crippen LogP contribution in [0.3, 0.4) is 0 Å². The average Bonchev–Trinajstić information content (AvgIpc) is 2.15. The molecule has 0 unspecified atom stereocenters. The molecule has 50 valence electrons. The van der Waals surface area contributed by atoms with Gasteiger partial charge in [-0.2, -0.15) is 0 Å². The van der Waals surface area contributed by atoms with Gasteiger partial charge in [0, 0.05) is 6.54 Å². The molecule has 0 aliphatic carbocycles. The highest BCUT2D eigenvalue weighted by Crippen LogP contribution is 2.05. The summed E-state index contributed by atoms with van der Waals surface area (Å²) >= 11 is 0. The molecule has 0 aromatic rings. The molecule has 0 amide bonds. The topological polar surface area (TPSA) is 52.5 Å². The number of hydrogen-bond donors (Lipinski definition) is 3. The molecular weight excluding hydrogens is 118 g/mol. The van der Waals surface area contributed by atoms with E-state index >= 15 is 0 Å². The molecule has 3 nitrogen and oxygen atoms in total. The van der Waals surface area contributed by atoms with Crippen LogP contribution in [0.2, 0.25) is 0 Å². The molecule has 3 N–H and O–H groups in total. The van der Waals surface area contributed by atoms with Crippen molar-refractivity contribution in [1.82, 2.24) is 5.32 Å². The summed E-state index contributed by atoms with van der Waals surface area (Å²) < 4.78 is 0. The first-order valence-corrected chi connectivity index (χ1v) is 2.81. The summed E-state index contributed by atoms with van der Waals surface area (Å²) in [6.45, 7) is 0.385. The summed E-state index contributed by atoms with van der Waals surface area (Å²) in [7, 11) is 0. The molecule has 0 saturated carbocycles. The van der Waals surface area contributed by atoms with Gasteiger partial charge in [-0.3, -0.25) is 5.32 Å². The monoisotopic (exact) mass is 127 g/mol. The lowest BCUT2D eigenvalue weighted by atomic mass is 10.1. The highest BCUT2D eigenvalue weighted by atomic mass is 16.3. The number of rotatable bonds is 0. The third kappa shape index (κ3) is 1.06. The zero-order chi connectivity index (χ0) is 6.85. The van der Waals surface area contributed by atoms with E-state index < -0.39 is 12.2 Å². The molecule has 0 aromatic heterocycles. The number of aliphatic hydroxyl groups is 2. The van der Waals surface area contributed by atoms with Crippen LogP contribution in [-0.2, 0) is 0 Å². The molecule has 3 heteroatoms. The number of nitrogens with one attached hydrogen (secondary N) is 1. The van der Waals surface area contributed by atoms with Crippen LogP contribution in [0, 0.1) is 12.3 Å². The Morgan fingerprint density at radius 3 is 2.44 bits per heavy atom. The van der Waals surface area contributed by atoms with E-state index in [-0.39, 0.29) is 6.04 Å². The Balaban J connectivity index is 2.54. The van der Waals surface area contributed by atoms with E-state index in [1.165, 1.54) is 0 Å². The van der Waals surface area contributed by atoms with E-state index in [2.05, 4.69) is 11.2 Å². The van der Waals surface area contributed by atoms with Crippen molar-refractivity contribution in [2.24, 2.45) is 0 Å². The van der Waals surface area contributed by atoms with E-state index in [9.17, 15) is 0 Å². The van der Waals surface area contributed by atoms with Gasteiger partial charge in [-0.05, 0) is 0 Å². The van der Waals surface area contributed by atoms with E-state index in [0.29, 0.717) is 6.54 Å². The van der Waals surface area contributed by atoms with Gasteiger partial charge >= 0.3 is 0 Å². The lowest BCUT2D eigenvalue weighted by molar-refractivity contribution is 0.0489. The third-order valence-electron chi connectivity index (χ3n) is 1.46. The molecule has 0 bridgehead atoms. The molecule has 0 aromatic carbocycles. The Morgan fingerprint density at radius 2 is 2.22 bits per heavy atom. The Morgan fingerprint density at radius 1 is 1.56 bits per heavy atom. The molecule has 1 heterocycles. The normalized spacial score (nSPS) is 42.6. The minimum atomic E-state index is -0.796. The Kier molecular flexibility index (Phi) is 1.72. The van der Waals surface area contributed by atoms with Gasteiger partial charge in [-0.25, -0.2) is 0 Å². The SMILES string of the molecule is C#C[C@@H]1NC[C@@H](O)[C@H]1O. The minimum Gasteiger partial charge on any atom is -0.389 e. The van der Waals surface area contributed by atoms with Crippen LogP contribution >= 0.6 is 0 Å². The van der Waals surface area contributed by atoms with Gasteiger partial charge in [0.1, 0.15) is 6.10 Å². The van der Waals surface area contributed by atoms with Crippen molar-refractivity contribution in [2.75, 3.05) is 6.54 Å². The lowest BCUT2D eigenvalue weighted by Crippen LogP contribution is -2.31. The van der Waals surface area contributed by atoms with Crippen LogP contribution in [0.4, 0.5) is 0 Å². The first-order chi connectivity index (χ1) is 4.25. The van der Waals surface area contributed by atoms with Crippen molar-refractivity contribution < 1.29 is 10.2 Å². The summed E-state index contributed by atoms with van der Waals surface area (Å²) in [5.74, 6) is 2.32. The first kappa shape index (κ1) is 6.56. The van der Waals surface area contributed by atoms with Gasteiger partial charge < -0.3 is 10.2 Å². The molecule has 0 spiro atoms. The van der Waals surface area contributed by atoms with Crippen LogP contribution in [0.15, 0.2) is 0 Å². The maximum Gasteiger partial charge on any atom is 0.108 e. The Labute approximate surface area is 53.7 Å². The van der Waals surface area contributed by atoms with Gasteiger partial charge in [0.2, 0.25) is 0 Å². The van der Waals surface area contributed by atoms with Gasteiger partial charge in [0.15, 0.2) is 0 Å². The Bertz CT molecular complexity index is 140. The molecular formula is C6H9NO2. The third-order valence-corrected chi connectivity index (χ3v) is 1.46. The van der Waals surface area contributed by atoms with Gasteiger partial charge in [0.25, 0.3) is 0 Å². The molecule has 3 atom stereocenters. The summed E-state index contributed by atoms with van der Waals surface area (Å²) in [6, 6.07) is -0.375. The minimum absolute atomic E-state index is 0.375. The van der Waals surface area contributed by atoms with E-state index in [0.717, 1.165) is 0 Å². The standard InChI is InChI=1S/C6H9NO2/c1-2-4-6(9)5(8)3-7-4/h1,4-9H,3H2/t4-,5+,6-/m0/s1. The number of terminal acetylenes is 1. The predicted octanol–water partition coefficient (Wildman–Crippen LogP) is -1.69. The van der Waals surface area contributed by atoms with Crippen LogP contribution < -0.4 is 5.32 Å². The van der Waals surface area contributed by atoms with Gasteiger partial charge in [0.05, 0.1) is 12.1 Å². The highest BCUT2D eigenvalue weighted by molar-refractivity contribution is 5.08. The summed E-state index contributed by atoms with van der Waals surface area (Å²) in [4.78, 5) is 0. The van der Waals surface area contributed by atoms with Crippen molar-refractivity contribution in [3.63, 3.8) is 0 Å². The second-order valence-electron chi connectivity index (χ2n) is 2.11. The van der Waals surface area contributed by atoms with Crippen molar-refractivity contribution in [3.8, 4) is 12.3 Å². The van der Waals surface area contributed by atoms with Crippen LogP contribution in [0.1, 0.15) is 0 Å². The van der Waals surface area contributed by atoms with E-state index in [1.807, 2.05) is 0 Å². The Hall–Kier alpha value is -0.560. The zero-order valence-corrected chi connectivity index (χ0v) is 4.91. The number of aliphatic hydroxyl groups excluding tert-OH is 2. The second kappa shape index (κ2) is 2.36. The van der Waals surface area contributed by atoms with Crippen molar-refractivity contribution in [1.29, 1.82) is 0 Å². The summed E-state index contributed by atoms with van der Waals surface area (Å²) in [5.41, 5.74) is 0. The maximum absolute atomic E-state index is 9.00. The fourth-order valence-corrected chi connectivity index (χ4v) is 0.869. The maximum atomic E-state index is 9.00. The number of β-amino-alcohol motifs (C(OH)–C–C–N with tert-alkyl or cyclic N) is 1.